The average molecular weight is 542 g/mol. The van der Waals surface area contributed by atoms with Gasteiger partial charge in [0.1, 0.15) is 0 Å². The predicted molar refractivity (Wildman–Crippen MR) is 158 cm³/mol. The van der Waals surface area contributed by atoms with Crippen LogP contribution in [0.4, 0.5) is 0 Å². The summed E-state index contributed by atoms with van der Waals surface area (Å²) in [7, 11) is -3.20. The van der Waals surface area contributed by atoms with Gasteiger partial charge in [-0.2, -0.15) is 0 Å². The van der Waals surface area contributed by atoms with Gasteiger partial charge in [-0.05, 0) is 86.1 Å². The van der Waals surface area contributed by atoms with Gasteiger partial charge in [0.05, 0.1) is 12.0 Å². The minimum Gasteiger partial charge on any atom is -0.352 e. The SMILES string of the molecule is C=C1C(CCN(/C=C\C)C(=C)C)=Cc2cc(Cl)ccc2C(C2CCN(S(C)(=O)=O)CC2)C1=N/C=C\CC. The van der Waals surface area contributed by atoms with Crippen molar-refractivity contribution in [1.82, 2.24) is 9.21 Å². The Morgan fingerprint density at radius 2 is 2.00 bits per heavy atom. The van der Waals surface area contributed by atoms with E-state index in [9.17, 15) is 8.42 Å². The molecule has 1 aliphatic heterocycles. The molecule has 0 N–H and O–H groups in total. The fraction of sp³-hybridized carbons (Fsp3) is 0.433. The Balaban J connectivity index is 2.06. The van der Waals surface area contributed by atoms with Crippen molar-refractivity contribution < 1.29 is 8.42 Å². The summed E-state index contributed by atoms with van der Waals surface area (Å²) in [6, 6.07) is 6.07. The van der Waals surface area contributed by atoms with Crippen molar-refractivity contribution >= 4 is 33.4 Å². The molecule has 1 atom stereocenters. The molecule has 0 saturated carbocycles. The minimum absolute atomic E-state index is 0.00418. The van der Waals surface area contributed by atoms with Crippen LogP contribution in [0.15, 0.2) is 77.7 Å². The number of aliphatic imine (C=N–C) groups is 1. The highest BCUT2D eigenvalue weighted by Crippen LogP contribution is 2.43. The molecule has 0 bridgehead atoms. The lowest BCUT2D eigenvalue weighted by molar-refractivity contribution is 0.265. The molecule has 1 unspecified atom stereocenters. The first-order valence-electron chi connectivity index (χ1n) is 13.0. The molecule has 1 fully saturated rings. The van der Waals surface area contributed by atoms with Crippen LogP contribution in [-0.2, 0) is 10.0 Å². The largest absolute Gasteiger partial charge is 0.352 e. The third kappa shape index (κ3) is 7.34. The van der Waals surface area contributed by atoms with Crippen LogP contribution in [0.5, 0.6) is 0 Å². The fourth-order valence-corrected chi connectivity index (χ4v) is 6.23. The molecule has 1 aromatic rings. The van der Waals surface area contributed by atoms with Crippen LogP contribution in [0, 0.1) is 5.92 Å². The van der Waals surface area contributed by atoms with Crippen LogP contribution < -0.4 is 0 Å². The molecular formula is C30H40ClN3O2S. The van der Waals surface area contributed by atoms with Gasteiger partial charge < -0.3 is 4.90 Å². The van der Waals surface area contributed by atoms with Crippen LogP contribution in [0.1, 0.15) is 63.5 Å². The maximum absolute atomic E-state index is 12.2. The van der Waals surface area contributed by atoms with Gasteiger partial charge in [-0.3, -0.25) is 4.99 Å². The lowest BCUT2D eigenvalue weighted by Gasteiger charge is -2.36. The highest BCUT2D eigenvalue weighted by molar-refractivity contribution is 7.88. The van der Waals surface area contributed by atoms with Gasteiger partial charge in [0, 0.05) is 42.5 Å². The number of rotatable bonds is 9. The number of fused-ring (bicyclic) bond motifs is 1. The summed E-state index contributed by atoms with van der Waals surface area (Å²) >= 11 is 6.47. The van der Waals surface area contributed by atoms with Crippen LogP contribution >= 0.6 is 11.6 Å². The molecule has 1 aliphatic carbocycles. The number of allylic oxidation sites excluding steroid dienone is 4. The first-order valence-corrected chi connectivity index (χ1v) is 15.2. The predicted octanol–water partition coefficient (Wildman–Crippen LogP) is 7.17. The third-order valence-corrected chi connectivity index (χ3v) is 8.68. The van der Waals surface area contributed by atoms with E-state index in [0.717, 1.165) is 60.3 Å². The van der Waals surface area contributed by atoms with E-state index in [-0.39, 0.29) is 11.8 Å². The summed E-state index contributed by atoms with van der Waals surface area (Å²) in [4.78, 5) is 7.14. The Morgan fingerprint density at radius 3 is 2.59 bits per heavy atom. The van der Waals surface area contributed by atoms with Crippen molar-refractivity contribution in [2.75, 3.05) is 25.9 Å². The number of benzene rings is 1. The zero-order valence-corrected chi connectivity index (χ0v) is 24.2. The number of hydrogen-bond donors (Lipinski definition) is 0. The molecule has 7 heteroatoms. The number of sulfonamides is 1. The number of halogens is 1. The Morgan fingerprint density at radius 1 is 1.30 bits per heavy atom. The van der Waals surface area contributed by atoms with Crippen molar-refractivity contribution in [3.05, 3.63) is 88.9 Å². The maximum Gasteiger partial charge on any atom is 0.211 e. The summed E-state index contributed by atoms with van der Waals surface area (Å²) in [6.07, 6.45) is 14.7. The van der Waals surface area contributed by atoms with Crippen LogP contribution in [-0.4, -0.2) is 49.2 Å². The molecule has 3 rings (SSSR count). The van der Waals surface area contributed by atoms with Gasteiger partial charge in [0.2, 0.25) is 10.0 Å². The van der Waals surface area contributed by atoms with Crippen molar-refractivity contribution in [1.29, 1.82) is 0 Å². The van der Waals surface area contributed by atoms with E-state index in [1.807, 2.05) is 44.5 Å². The highest BCUT2D eigenvalue weighted by Gasteiger charge is 2.37. The van der Waals surface area contributed by atoms with E-state index in [0.29, 0.717) is 18.1 Å². The molecule has 0 amide bonds. The maximum atomic E-state index is 12.2. The second-order valence-electron chi connectivity index (χ2n) is 9.87. The van der Waals surface area contributed by atoms with Gasteiger partial charge in [-0.25, -0.2) is 12.7 Å². The van der Waals surface area contributed by atoms with Crippen molar-refractivity contribution in [2.24, 2.45) is 10.9 Å². The lowest BCUT2D eigenvalue weighted by Crippen LogP contribution is -2.40. The summed E-state index contributed by atoms with van der Waals surface area (Å²) in [5, 5.41) is 0.689. The Hall–Kier alpha value is -2.41. The van der Waals surface area contributed by atoms with E-state index < -0.39 is 10.0 Å². The third-order valence-electron chi connectivity index (χ3n) is 7.14. The molecule has 200 valence electrons. The molecule has 1 heterocycles. The number of nitrogens with zero attached hydrogens (tertiary/aromatic N) is 3. The fourth-order valence-electron chi connectivity index (χ4n) is 5.18. The van der Waals surface area contributed by atoms with Crippen molar-refractivity contribution in [2.45, 2.75) is 52.4 Å². The van der Waals surface area contributed by atoms with E-state index in [1.54, 1.807) is 4.31 Å². The van der Waals surface area contributed by atoms with Gasteiger partial charge in [-0.1, -0.05) is 56.0 Å². The summed E-state index contributed by atoms with van der Waals surface area (Å²) in [6.45, 7) is 16.6. The Kier molecular flexibility index (Phi) is 10.2. The van der Waals surface area contributed by atoms with E-state index in [2.05, 4.69) is 43.2 Å². The average Bonchev–Trinajstić information content (AvgIpc) is 2.95. The number of piperidine rings is 1. The summed E-state index contributed by atoms with van der Waals surface area (Å²) in [5.41, 5.74) is 6.26. The van der Waals surface area contributed by atoms with E-state index in [4.69, 9.17) is 16.6 Å². The molecule has 5 nitrogen and oxygen atoms in total. The molecule has 0 radical (unpaired) electrons. The van der Waals surface area contributed by atoms with E-state index >= 15 is 0 Å². The molecule has 0 spiro atoms. The van der Waals surface area contributed by atoms with Gasteiger partial charge >= 0.3 is 0 Å². The topological polar surface area (TPSA) is 53.0 Å². The van der Waals surface area contributed by atoms with Gasteiger partial charge in [-0.15, -0.1) is 0 Å². The molecule has 1 aromatic carbocycles. The number of hydrogen-bond acceptors (Lipinski definition) is 4. The smallest absolute Gasteiger partial charge is 0.211 e. The van der Waals surface area contributed by atoms with Crippen LogP contribution in [0.3, 0.4) is 0 Å². The van der Waals surface area contributed by atoms with Gasteiger partial charge in [0.15, 0.2) is 0 Å². The zero-order chi connectivity index (χ0) is 27.2. The Labute approximate surface area is 228 Å². The van der Waals surface area contributed by atoms with Crippen LogP contribution in [0.25, 0.3) is 6.08 Å². The zero-order valence-electron chi connectivity index (χ0n) is 22.6. The molecule has 2 aliphatic rings. The first-order chi connectivity index (χ1) is 17.6. The summed E-state index contributed by atoms with van der Waals surface area (Å²) in [5.74, 6) is 0.246. The normalized spacial score (nSPS) is 20.9. The quantitative estimate of drug-likeness (QED) is 0.333. The highest BCUT2D eigenvalue weighted by atomic mass is 35.5. The molecular weight excluding hydrogens is 502 g/mol. The molecule has 1 saturated heterocycles. The van der Waals surface area contributed by atoms with E-state index in [1.165, 1.54) is 11.8 Å². The van der Waals surface area contributed by atoms with Crippen LogP contribution in [0.2, 0.25) is 5.02 Å². The summed E-state index contributed by atoms with van der Waals surface area (Å²) < 4.78 is 25.9. The Bertz CT molecular complexity index is 1240. The first kappa shape index (κ1) is 29.2. The van der Waals surface area contributed by atoms with Crippen molar-refractivity contribution in [3.8, 4) is 0 Å². The second kappa shape index (κ2) is 12.9. The molecule has 0 aromatic heterocycles. The standard InChI is InChI=1S/C30H40ClN3O2S/c1-7-9-15-32-30-23(5)25(12-17-33(16-8-2)22(3)4)20-26-21-27(31)10-11-28(26)29(30)24-13-18-34(19-14-24)37(6,35)36/h8-11,15-16,20-21,24,29H,3,5,7,12-14,17-19H2,1-2,4,6H3/b15-9-,16-8-,32-30?. The second-order valence-corrected chi connectivity index (χ2v) is 12.3. The lowest BCUT2D eigenvalue weighted by atomic mass is 9.75. The monoisotopic (exact) mass is 541 g/mol. The van der Waals surface area contributed by atoms with Crippen molar-refractivity contribution in [3.63, 3.8) is 0 Å². The minimum atomic E-state index is -3.20. The van der Waals surface area contributed by atoms with Gasteiger partial charge in [0.25, 0.3) is 0 Å². The molecule has 37 heavy (non-hydrogen) atoms.